The van der Waals surface area contributed by atoms with Crippen molar-refractivity contribution in [2.75, 3.05) is 4.90 Å². The van der Waals surface area contributed by atoms with Crippen LogP contribution in [0.2, 0.25) is 0 Å². The highest BCUT2D eigenvalue weighted by Gasteiger charge is 2.25. The fraction of sp³-hybridized carbons (Fsp3) is 0.143. The number of aliphatic imine (C=N–C) groups is 2. The number of nitrogens with one attached hydrogen (secondary N) is 1. The highest BCUT2D eigenvalue weighted by molar-refractivity contribution is 6.24. The summed E-state index contributed by atoms with van der Waals surface area (Å²) in [7, 11) is 0. The van der Waals surface area contributed by atoms with Gasteiger partial charge < -0.3 is 5.73 Å². The SMILES string of the molecule is CC(C)=N/C(C(N)=O)=C1/N=CN(c2ccccc2)C1=N. The molecule has 1 aliphatic rings. The lowest BCUT2D eigenvalue weighted by molar-refractivity contribution is -0.114. The molecular formula is C14H15N5O. The monoisotopic (exact) mass is 269 g/mol. The Balaban J connectivity index is 2.43. The van der Waals surface area contributed by atoms with Crippen LogP contribution in [0.25, 0.3) is 0 Å². The van der Waals surface area contributed by atoms with Crippen molar-refractivity contribution < 1.29 is 4.79 Å². The Morgan fingerprint density at radius 1 is 1.30 bits per heavy atom. The zero-order valence-electron chi connectivity index (χ0n) is 11.3. The Kier molecular flexibility index (Phi) is 3.74. The summed E-state index contributed by atoms with van der Waals surface area (Å²) in [6, 6.07) is 9.31. The molecule has 6 nitrogen and oxygen atoms in total. The van der Waals surface area contributed by atoms with Crippen LogP contribution in [-0.2, 0) is 4.79 Å². The van der Waals surface area contributed by atoms with Crippen molar-refractivity contribution in [2.45, 2.75) is 13.8 Å². The van der Waals surface area contributed by atoms with Crippen LogP contribution in [0.3, 0.4) is 0 Å². The zero-order chi connectivity index (χ0) is 14.7. The number of carbonyl (C=O) groups is 1. The van der Waals surface area contributed by atoms with E-state index in [-0.39, 0.29) is 17.2 Å². The molecule has 0 aliphatic carbocycles. The van der Waals surface area contributed by atoms with E-state index in [4.69, 9.17) is 11.1 Å². The number of benzene rings is 1. The van der Waals surface area contributed by atoms with E-state index in [1.807, 2.05) is 30.3 Å². The lowest BCUT2D eigenvalue weighted by Gasteiger charge is -2.14. The van der Waals surface area contributed by atoms with Crippen LogP contribution in [-0.4, -0.2) is 23.8 Å². The van der Waals surface area contributed by atoms with Crippen LogP contribution in [0.5, 0.6) is 0 Å². The lowest BCUT2D eigenvalue weighted by atomic mass is 10.2. The number of nitrogens with zero attached hydrogens (tertiary/aromatic N) is 3. The first-order valence-corrected chi connectivity index (χ1v) is 6.04. The number of hydrogen-bond acceptors (Lipinski definition) is 4. The molecule has 0 spiro atoms. The Morgan fingerprint density at radius 3 is 2.50 bits per heavy atom. The molecule has 2 rings (SSSR count). The number of hydrogen-bond donors (Lipinski definition) is 2. The number of para-hydroxylation sites is 1. The second-order valence-corrected chi connectivity index (χ2v) is 4.42. The van der Waals surface area contributed by atoms with Gasteiger partial charge in [-0.15, -0.1) is 0 Å². The highest BCUT2D eigenvalue weighted by atomic mass is 16.1. The molecule has 6 heteroatoms. The number of nitrogens with two attached hydrogens (primary N) is 1. The van der Waals surface area contributed by atoms with Gasteiger partial charge in [0, 0.05) is 11.4 Å². The largest absolute Gasteiger partial charge is 0.364 e. The normalized spacial score (nSPS) is 16.3. The van der Waals surface area contributed by atoms with E-state index in [0.29, 0.717) is 5.71 Å². The van der Waals surface area contributed by atoms with Gasteiger partial charge in [0.2, 0.25) is 0 Å². The minimum absolute atomic E-state index is 0.00433. The molecule has 0 bridgehead atoms. The molecule has 0 saturated heterocycles. The Labute approximate surface area is 116 Å². The number of amidine groups is 1. The lowest BCUT2D eigenvalue weighted by Crippen LogP contribution is -2.26. The van der Waals surface area contributed by atoms with Crippen molar-refractivity contribution in [3.63, 3.8) is 0 Å². The van der Waals surface area contributed by atoms with Gasteiger partial charge in [-0.2, -0.15) is 0 Å². The maximum atomic E-state index is 11.5. The van der Waals surface area contributed by atoms with Crippen molar-refractivity contribution >= 4 is 29.5 Å². The van der Waals surface area contributed by atoms with E-state index in [0.717, 1.165) is 5.69 Å². The summed E-state index contributed by atoms with van der Waals surface area (Å²) in [5, 5.41) is 8.13. The molecule has 0 aromatic heterocycles. The molecule has 0 saturated carbocycles. The van der Waals surface area contributed by atoms with Gasteiger partial charge >= 0.3 is 0 Å². The molecule has 1 aromatic carbocycles. The quantitative estimate of drug-likeness (QED) is 0.645. The topological polar surface area (TPSA) is 94.9 Å². The molecule has 0 atom stereocenters. The van der Waals surface area contributed by atoms with Gasteiger partial charge in [0.1, 0.15) is 12.0 Å². The molecule has 102 valence electrons. The van der Waals surface area contributed by atoms with Crippen molar-refractivity contribution in [3.05, 3.63) is 41.7 Å². The third-order valence-electron chi connectivity index (χ3n) is 2.59. The third kappa shape index (κ3) is 2.64. The molecule has 1 amide bonds. The van der Waals surface area contributed by atoms with Crippen molar-refractivity contribution in [1.29, 1.82) is 5.41 Å². The van der Waals surface area contributed by atoms with Gasteiger partial charge in [-0.3, -0.25) is 20.1 Å². The Bertz CT molecular complexity index is 639. The molecule has 1 aromatic rings. The van der Waals surface area contributed by atoms with Crippen LogP contribution in [0, 0.1) is 5.41 Å². The van der Waals surface area contributed by atoms with E-state index < -0.39 is 5.91 Å². The number of anilines is 1. The average Bonchev–Trinajstić information content (AvgIpc) is 2.78. The van der Waals surface area contributed by atoms with Crippen LogP contribution in [0.1, 0.15) is 13.8 Å². The zero-order valence-corrected chi connectivity index (χ0v) is 11.3. The van der Waals surface area contributed by atoms with E-state index in [1.54, 1.807) is 18.7 Å². The molecule has 0 radical (unpaired) electrons. The second-order valence-electron chi connectivity index (χ2n) is 4.42. The molecular weight excluding hydrogens is 254 g/mol. The number of amides is 1. The van der Waals surface area contributed by atoms with Gasteiger partial charge in [0.15, 0.2) is 11.5 Å². The molecule has 0 unspecified atom stereocenters. The predicted octanol–water partition coefficient (Wildman–Crippen LogP) is 1.69. The maximum absolute atomic E-state index is 11.5. The Morgan fingerprint density at radius 2 is 1.95 bits per heavy atom. The van der Waals surface area contributed by atoms with Crippen LogP contribution >= 0.6 is 0 Å². The number of rotatable bonds is 3. The summed E-state index contributed by atoms with van der Waals surface area (Å²) in [5.41, 5.74) is 6.97. The van der Waals surface area contributed by atoms with Gasteiger partial charge in [0.25, 0.3) is 5.91 Å². The van der Waals surface area contributed by atoms with Gasteiger partial charge in [-0.25, -0.2) is 4.99 Å². The number of primary amides is 1. The molecule has 3 N–H and O–H groups in total. The molecule has 0 fully saturated rings. The highest BCUT2D eigenvalue weighted by Crippen LogP contribution is 2.22. The fourth-order valence-electron chi connectivity index (χ4n) is 1.75. The summed E-state index contributed by atoms with van der Waals surface area (Å²) >= 11 is 0. The first kappa shape index (κ1) is 13.7. The predicted molar refractivity (Wildman–Crippen MR) is 80.1 cm³/mol. The van der Waals surface area contributed by atoms with Crippen molar-refractivity contribution in [3.8, 4) is 0 Å². The summed E-state index contributed by atoms with van der Waals surface area (Å²) < 4.78 is 0. The molecule has 1 aliphatic heterocycles. The van der Waals surface area contributed by atoms with Crippen LogP contribution < -0.4 is 10.6 Å². The van der Waals surface area contributed by atoms with Gasteiger partial charge in [0.05, 0.1) is 0 Å². The van der Waals surface area contributed by atoms with Crippen LogP contribution in [0.4, 0.5) is 5.69 Å². The van der Waals surface area contributed by atoms with E-state index >= 15 is 0 Å². The van der Waals surface area contributed by atoms with Crippen LogP contribution in [0.15, 0.2) is 51.7 Å². The van der Waals surface area contributed by atoms with E-state index in [1.165, 1.54) is 6.34 Å². The maximum Gasteiger partial charge on any atom is 0.269 e. The smallest absolute Gasteiger partial charge is 0.269 e. The van der Waals surface area contributed by atoms with E-state index in [2.05, 4.69) is 9.98 Å². The van der Waals surface area contributed by atoms with Crippen molar-refractivity contribution in [2.24, 2.45) is 15.7 Å². The first-order valence-electron chi connectivity index (χ1n) is 6.04. The standard InChI is InChI=1S/C14H15N5O/c1-9(2)18-12(14(16)20)11-13(15)19(8-17-11)10-6-4-3-5-7-10/h3-8,15H,1-2H3,(H2,16,20)/b12-11+,15-13?. The third-order valence-corrected chi connectivity index (χ3v) is 2.59. The fourth-order valence-corrected chi connectivity index (χ4v) is 1.75. The van der Waals surface area contributed by atoms with E-state index in [9.17, 15) is 4.79 Å². The Hall–Kier alpha value is -2.76. The summed E-state index contributed by atoms with van der Waals surface area (Å²) in [4.78, 5) is 21.2. The summed E-state index contributed by atoms with van der Waals surface area (Å²) in [5.74, 6) is -0.618. The minimum Gasteiger partial charge on any atom is -0.364 e. The summed E-state index contributed by atoms with van der Waals surface area (Å²) in [6.07, 6.45) is 1.48. The van der Waals surface area contributed by atoms with Gasteiger partial charge in [-0.05, 0) is 26.0 Å². The first-order chi connectivity index (χ1) is 9.50. The molecule has 20 heavy (non-hydrogen) atoms. The average molecular weight is 269 g/mol. The summed E-state index contributed by atoms with van der Waals surface area (Å²) in [6.45, 7) is 3.50. The van der Waals surface area contributed by atoms with Gasteiger partial charge in [-0.1, -0.05) is 18.2 Å². The second kappa shape index (κ2) is 5.48. The molecule has 1 heterocycles. The minimum atomic E-state index is -0.696. The van der Waals surface area contributed by atoms with Crippen molar-refractivity contribution in [1.82, 2.24) is 0 Å². The number of carbonyl (C=O) groups excluding carboxylic acids is 1.